The van der Waals surface area contributed by atoms with Gasteiger partial charge < -0.3 is 25.8 Å². The summed E-state index contributed by atoms with van der Waals surface area (Å²) < 4.78 is 5.41. The monoisotopic (exact) mass is 398 g/mol. The Labute approximate surface area is 173 Å². The standard InChI is InChI=1S/C23H22N6O/c1-30-20-4-2-3-17-16(12-27-21(17)20)8-10-26-23-28-13-18(22(24)29-23)14-5-6-19-15(11-14)7-9-25-19/h2-7,9,11-13,25,27H,8,10H2,1H3,(H3,24,26,28,29). The summed E-state index contributed by atoms with van der Waals surface area (Å²) in [5.74, 6) is 1.83. The lowest BCUT2D eigenvalue weighted by molar-refractivity contribution is 0.419. The second-order valence-electron chi connectivity index (χ2n) is 7.15. The van der Waals surface area contributed by atoms with Gasteiger partial charge in [-0.1, -0.05) is 18.2 Å². The minimum Gasteiger partial charge on any atom is -0.495 e. The van der Waals surface area contributed by atoms with Crippen LogP contribution in [0, 0.1) is 0 Å². The van der Waals surface area contributed by atoms with Gasteiger partial charge in [0.25, 0.3) is 0 Å². The van der Waals surface area contributed by atoms with Crippen LogP contribution in [0.2, 0.25) is 0 Å². The van der Waals surface area contributed by atoms with Gasteiger partial charge in [-0.2, -0.15) is 4.98 Å². The average molecular weight is 398 g/mol. The predicted molar refractivity (Wildman–Crippen MR) is 121 cm³/mol. The first-order valence-corrected chi connectivity index (χ1v) is 9.80. The number of nitrogens with one attached hydrogen (secondary N) is 3. The van der Waals surface area contributed by atoms with Gasteiger partial charge in [-0.3, -0.25) is 0 Å². The Bertz CT molecular complexity index is 1340. The minimum atomic E-state index is 0.458. The predicted octanol–water partition coefficient (Wildman–Crippen LogP) is 4.35. The number of hydrogen-bond acceptors (Lipinski definition) is 5. The number of nitrogens with two attached hydrogens (primary N) is 1. The van der Waals surface area contributed by atoms with E-state index in [4.69, 9.17) is 10.5 Å². The number of anilines is 2. The van der Waals surface area contributed by atoms with Crippen molar-refractivity contribution >= 4 is 33.6 Å². The van der Waals surface area contributed by atoms with Crippen LogP contribution in [-0.2, 0) is 6.42 Å². The average Bonchev–Trinajstić information content (AvgIpc) is 3.40. The fraction of sp³-hybridized carbons (Fsp3) is 0.130. The molecule has 5 aromatic rings. The zero-order chi connectivity index (χ0) is 20.5. The maximum absolute atomic E-state index is 6.23. The molecule has 0 aliphatic rings. The van der Waals surface area contributed by atoms with Crippen molar-refractivity contribution in [2.24, 2.45) is 0 Å². The van der Waals surface area contributed by atoms with Gasteiger partial charge in [0.1, 0.15) is 11.6 Å². The molecule has 0 radical (unpaired) electrons. The highest BCUT2D eigenvalue weighted by molar-refractivity contribution is 5.88. The number of rotatable bonds is 6. The van der Waals surface area contributed by atoms with Crippen LogP contribution in [0.4, 0.5) is 11.8 Å². The van der Waals surface area contributed by atoms with Crippen molar-refractivity contribution in [3.05, 3.63) is 66.6 Å². The lowest BCUT2D eigenvalue weighted by atomic mass is 10.1. The molecule has 30 heavy (non-hydrogen) atoms. The highest BCUT2D eigenvalue weighted by Gasteiger charge is 2.10. The molecule has 0 bridgehead atoms. The first-order chi connectivity index (χ1) is 14.7. The number of H-pyrrole nitrogens is 2. The summed E-state index contributed by atoms with van der Waals surface area (Å²) in [5, 5.41) is 5.56. The zero-order valence-corrected chi connectivity index (χ0v) is 16.6. The van der Waals surface area contributed by atoms with Crippen molar-refractivity contribution in [2.75, 3.05) is 24.7 Å². The van der Waals surface area contributed by atoms with E-state index >= 15 is 0 Å². The van der Waals surface area contributed by atoms with E-state index in [9.17, 15) is 0 Å². The molecule has 7 nitrogen and oxygen atoms in total. The van der Waals surface area contributed by atoms with E-state index in [0.717, 1.165) is 45.1 Å². The van der Waals surface area contributed by atoms with Crippen LogP contribution in [-0.4, -0.2) is 33.6 Å². The summed E-state index contributed by atoms with van der Waals surface area (Å²) in [6.45, 7) is 0.693. The largest absolute Gasteiger partial charge is 0.495 e. The van der Waals surface area contributed by atoms with Crippen LogP contribution in [0.15, 0.2) is 61.1 Å². The molecule has 0 saturated heterocycles. The number of nitrogens with zero attached hydrogens (tertiary/aromatic N) is 2. The number of ether oxygens (including phenoxy) is 1. The van der Waals surface area contributed by atoms with E-state index < -0.39 is 0 Å². The van der Waals surface area contributed by atoms with Gasteiger partial charge in [-0.25, -0.2) is 4.98 Å². The molecule has 3 aromatic heterocycles. The Hall–Kier alpha value is -4.00. The molecule has 0 fully saturated rings. The van der Waals surface area contributed by atoms with Crippen molar-refractivity contribution in [3.63, 3.8) is 0 Å². The highest BCUT2D eigenvalue weighted by atomic mass is 16.5. The molecule has 0 atom stereocenters. The highest BCUT2D eigenvalue weighted by Crippen LogP contribution is 2.28. The summed E-state index contributed by atoms with van der Waals surface area (Å²) in [6, 6.07) is 14.2. The molecule has 0 amide bonds. The van der Waals surface area contributed by atoms with E-state index in [1.807, 2.05) is 42.7 Å². The van der Waals surface area contributed by atoms with Gasteiger partial charge in [0.2, 0.25) is 5.95 Å². The molecule has 0 aliphatic carbocycles. The van der Waals surface area contributed by atoms with Crippen molar-refractivity contribution < 1.29 is 4.74 Å². The topological polar surface area (TPSA) is 105 Å². The summed E-state index contributed by atoms with van der Waals surface area (Å²) in [5.41, 5.74) is 11.4. The number of para-hydroxylation sites is 1. The first kappa shape index (κ1) is 18.1. The quantitative estimate of drug-likeness (QED) is 0.340. The minimum absolute atomic E-state index is 0.458. The van der Waals surface area contributed by atoms with Crippen molar-refractivity contribution in [3.8, 4) is 16.9 Å². The summed E-state index contributed by atoms with van der Waals surface area (Å²) in [7, 11) is 1.68. The number of methoxy groups -OCH3 is 1. The smallest absolute Gasteiger partial charge is 0.224 e. The fourth-order valence-corrected chi connectivity index (χ4v) is 3.79. The summed E-state index contributed by atoms with van der Waals surface area (Å²) >= 11 is 0. The van der Waals surface area contributed by atoms with Crippen LogP contribution < -0.4 is 15.8 Å². The van der Waals surface area contributed by atoms with Gasteiger partial charge >= 0.3 is 0 Å². The number of hydrogen-bond donors (Lipinski definition) is 4. The Balaban J connectivity index is 1.30. The van der Waals surface area contributed by atoms with E-state index in [2.05, 4.69) is 37.4 Å². The van der Waals surface area contributed by atoms with Gasteiger partial charge in [-0.15, -0.1) is 0 Å². The number of benzene rings is 2. The molecular weight excluding hydrogens is 376 g/mol. The van der Waals surface area contributed by atoms with E-state index in [0.29, 0.717) is 18.3 Å². The molecule has 0 aliphatic heterocycles. The third-order valence-electron chi connectivity index (χ3n) is 5.34. The molecule has 5 rings (SSSR count). The van der Waals surface area contributed by atoms with E-state index in [1.165, 1.54) is 5.56 Å². The molecule has 5 N–H and O–H groups in total. The first-order valence-electron chi connectivity index (χ1n) is 9.80. The molecule has 0 saturated carbocycles. The molecule has 7 heteroatoms. The molecule has 2 aromatic carbocycles. The Morgan fingerprint density at radius 1 is 1.13 bits per heavy atom. The van der Waals surface area contributed by atoms with E-state index in [-0.39, 0.29) is 0 Å². The van der Waals surface area contributed by atoms with Crippen molar-refractivity contribution in [2.45, 2.75) is 6.42 Å². The Kier molecular flexibility index (Phi) is 4.48. The summed E-state index contributed by atoms with van der Waals surface area (Å²) in [4.78, 5) is 15.4. The Morgan fingerprint density at radius 3 is 2.93 bits per heavy atom. The molecule has 0 unspecified atom stereocenters. The van der Waals surface area contributed by atoms with Gasteiger partial charge in [0.05, 0.1) is 12.6 Å². The second-order valence-corrected chi connectivity index (χ2v) is 7.15. The van der Waals surface area contributed by atoms with Crippen LogP contribution in [0.3, 0.4) is 0 Å². The van der Waals surface area contributed by atoms with Crippen LogP contribution in [0.25, 0.3) is 32.9 Å². The second kappa shape index (κ2) is 7.44. The molecule has 0 spiro atoms. The molecular formula is C23H22N6O. The Morgan fingerprint density at radius 2 is 2.07 bits per heavy atom. The lowest BCUT2D eigenvalue weighted by Crippen LogP contribution is -2.09. The van der Waals surface area contributed by atoms with Gasteiger partial charge in [0, 0.05) is 41.6 Å². The fourth-order valence-electron chi connectivity index (χ4n) is 3.79. The SMILES string of the molecule is COc1cccc2c(CCNc3ncc(-c4ccc5[nH]ccc5c4)c(N)n3)c[nH]c12. The summed E-state index contributed by atoms with van der Waals surface area (Å²) in [6.07, 6.45) is 6.53. The van der Waals surface area contributed by atoms with E-state index in [1.54, 1.807) is 13.3 Å². The normalized spacial score (nSPS) is 11.2. The molecule has 3 heterocycles. The van der Waals surface area contributed by atoms with Crippen molar-refractivity contribution in [1.82, 2.24) is 19.9 Å². The number of aromatic amines is 2. The van der Waals surface area contributed by atoms with Gasteiger partial charge in [-0.05, 0) is 47.2 Å². The van der Waals surface area contributed by atoms with Crippen LogP contribution >= 0.6 is 0 Å². The van der Waals surface area contributed by atoms with Gasteiger partial charge in [0.15, 0.2) is 0 Å². The number of aromatic nitrogens is 4. The van der Waals surface area contributed by atoms with Crippen molar-refractivity contribution in [1.29, 1.82) is 0 Å². The zero-order valence-electron chi connectivity index (χ0n) is 16.6. The third-order valence-corrected chi connectivity index (χ3v) is 5.34. The van der Waals surface area contributed by atoms with Crippen LogP contribution in [0.1, 0.15) is 5.56 Å². The third kappa shape index (κ3) is 3.20. The maximum atomic E-state index is 6.23. The van der Waals surface area contributed by atoms with Crippen LogP contribution in [0.5, 0.6) is 5.75 Å². The molecule has 150 valence electrons. The number of fused-ring (bicyclic) bond motifs is 2. The lowest BCUT2D eigenvalue weighted by Gasteiger charge is -2.09. The number of nitrogen functional groups attached to an aromatic ring is 1. The maximum Gasteiger partial charge on any atom is 0.224 e.